The zero-order valence-corrected chi connectivity index (χ0v) is 16.3. The minimum Gasteiger partial charge on any atom is -0.337 e. The van der Waals surface area contributed by atoms with E-state index in [2.05, 4.69) is 0 Å². The molecule has 0 aliphatic carbocycles. The van der Waals surface area contributed by atoms with Gasteiger partial charge in [-0.3, -0.25) is 4.79 Å². The average molecular weight is 403 g/mol. The minimum absolute atomic E-state index is 0.0355. The second-order valence-electron chi connectivity index (χ2n) is 6.97. The second kappa shape index (κ2) is 8.29. The summed E-state index contributed by atoms with van der Waals surface area (Å²) in [6.45, 7) is 0.230. The maximum atomic E-state index is 13.5. The lowest BCUT2D eigenvalue weighted by atomic mass is 10.1. The first-order valence-corrected chi connectivity index (χ1v) is 9.42. The summed E-state index contributed by atoms with van der Waals surface area (Å²) in [6, 6.07) is 22.1. The molecule has 0 bridgehead atoms. The Balaban J connectivity index is 1.68. The van der Waals surface area contributed by atoms with Gasteiger partial charge in [0.15, 0.2) is 0 Å². The van der Waals surface area contributed by atoms with Crippen LogP contribution >= 0.6 is 0 Å². The molecule has 0 N–H and O–H groups in total. The molecule has 0 spiro atoms. The number of rotatable bonds is 5. The lowest BCUT2D eigenvalue weighted by Crippen LogP contribution is -2.26. The summed E-state index contributed by atoms with van der Waals surface area (Å²) in [5, 5.41) is 4.72. The first-order valence-electron chi connectivity index (χ1n) is 9.42. The predicted molar refractivity (Wildman–Crippen MR) is 111 cm³/mol. The van der Waals surface area contributed by atoms with Crippen molar-refractivity contribution in [2.24, 2.45) is 0 Å². The number of hydrogen-bond acceptors (Lipinski definition) is 2. The van der Waals surface area contributed by atoms with Gasteiger partial charge >= 0.3 is 0 Å². The Morgan fingerprint density at radius 3 is 2.17 bits per heavy atom. The smallest absolute Gasteiger partial charge is 0.254 e. The normalized spacial score (nSPS) is 10.8. The second-order valence-corrected chi connectivity index (χ2v) is 6.97. The molecule has 3 aromatic carbocycles. The minimum atomic E-state index is -0.784. The third-order valence-electron chi connectivity index (χ3n) is 4.72. The summed E-state index contributed by atoms with van der Waals surface area (Å²) >= 11 is 0. The van der Waals surface area contributed by atoms with Crippen LogP contribution in [0.1, 0.15) is 15.9 Å². The fourth-order valence-corrected chi connectivity index (χ4v) is 3.30. The Kier molecular flexibility index (Phi) is 5.39. The SMILES string of the molecule is CN(Cc1cn(-c2ccccc2)nc1-c1ccccc1)C(=O)c1cc(F)cc(F)c1. The predicted octanol–water partition coefficient (Wildman–Crippen LogP) is 5.09. The molecular weight excluding hydrogens is 384 g/mol. The Hall–Kier alpha value is -3.80. The molecule has 0 atom stereocenters. The van der Waals surface area contributed by atoms with Gasteiger partial charge in [0.1, 0.15) is 11.6 Å². The molecule has 0 fully saturated rings. The van der Waals surface area contributed by atoms with E-state index in [1.807, 2.05) is 66.9 Å². The van der Waals surface area contributed by atoms with Gasteiger partial charge in [0.05, 0.1) is 11.4 Å². The van der Waals surface area contributed by atoms with Crippen molar-refractivity contribution in [3.63, 3.8) is 0 Å². The van der Waals surface area contributed by atoms with Crippen molar-refractivity contribution in [2.45, 2.75) is 6.54 Å². The summed E-state index contributed by atoms with van der Waals surface area (Å²) in [7, 11) is 1.60. The molecule has 0 saturated carbocycles. The summed E-state index contributed by atoms with van der Waals surface area (Å²) in [4.78, 5) is 14.2. The van der Waals surface area contributed by atoms with E-state index in [9.17, 15) is 13.6 Å². The molecule has 0 saturated heterocycles. The number of carbonyl (C=O) groups is 1. The molecule has 6 heteroatoms. The number of nitrogens with zero attached hydrogens (tertiary/aromatic N) is 3. The molecule has 0 aliphatic rings. The van der Waals surface area contributed by atoms with E-state index in [0.29, 0.717) is 0 Å². The molecule has 4 aromatic rings. The van der Waals surface area contributed by atoms with Crippen molar-refractivity contribution >= 4 is 5.91 Å². The summed E-state index contributed by atoms with van der Waals surface area (Å²) < 4.78 is 28.8. The van der Waals surface area contributed by atoms with Crippen LogP contribution in [-0.2, 0) is 6.54 Å². The first-order chi connectivity index (χ1) is 14.5. The van der Waals surface area contributed by atoms with Crippen molar-refractivity contribution in [1.29, 1.82) is 0 Å². The summed E-state index contributed by atoms with van der Waals surface area (Å²) in [5.74, 6) is -2.04. The van der Waals surface area contributed by atoms with E-state index in [4.69, 9.17) is 5.10 Å². The van der Waals surface area contributed by atoms with Gasteiger partial charge in [-0.25, -0.2) is 13.5 Å². The van der Waals surface area contributed by atoms with Gasteiger partial charge in [0, 0.05) is 42.5 Å². The third-order valence-corrected chi connectivity index (χ3v) is 4.72. The molecular formula is C24H19F2N3O. The van der Waals surface area contributed by atoms with E-state index in [1.54, 1.807) is 11.7 Å². The van der Waals surface area contributed by atoms with Crippen LogP contribution in [0, 0.1) is 11.6 Å². The average Bonchev–Trinajstić information content (AvgIpc) is 3.17. The van der Waals surface area contributed by atoms with Crippen LogP contribution in [0.3, 0.4) is 0 Å². The van der Waals surface area contributed by atoms with E-state index in [0.717, 1.165) is 40.7 Å². The van der Waals surface area contributed by atoms with Crippen molar-refractivity contribution in [1.82, 2.24) is 14.7 Å². The number of para-hydroxylation sites is 1. The highest BCUT2D eigenvalue weighted by molar-refractivity contribution is 5.94. The van der Waals surface area contributed by atoms with Crippen LogP contribution in [-0.4, -0.2) is 27.6 Å². The molecule has 4 nitrogen and oxygen atoms in total. The van der Waals surface area contributed by atoms with E-state index >= 15 is 0 Å². The van der Waals surface area contributed by atoms with Gasteiger partial charge < -0.3 is 4.90 Å². The van der Waals surface area contributed by atoms with Gasteiger partial charge in [0.25, 0.3) is 5.91 Å². The largest absolute Gasteiger partial charge is 0.337 e. The highest BCUT2D eigenvalue weighted by Gasteiger charge is 2.19. The van der Waals surface area contributed by atoms with Crippen LogP contribution in [0.4, 0.5) is 8.78 Å². The van der Waals surface area contributed by atoms with Crippen LogP contribution in [0.15, 0.2) is 85.1 Å². The summed E-state index contributed by atoms with van der Waals surface area (Å²) in [6.07, 6.45) is 1.87. The first kappa shape index (κ1) is 19.5. The fourth-order valence-electron chi connectivity index (χ4n) is 3.30. The molecule has 0 aliphatic heterocycles. The summed E-state index contributed by atoms with van der Waals surface area (Å²) in [5.41, 5.74) is 3.33. The van der Waals surface area contributed by atoms with Crippen molar-refractivity contribution in [2.75, 3.05) is 7.05 Å². The standard InChI is InChI=1S/C24H19F2N3O/c1-28(24(30)18-12-20(25)14-21(26)13-18)15-19-16-29(22-10-6-3-7-11-22)27-23(19)17-8-4-2-5-9-17/h2-14,16H,15H2,1H3. The lowest BCUT2D eigenvalue weighted by molar-refractivity contribution is 0.0784. The molecule has 4 rings (SSSR count). The van der Waals surface area contributed by atoms with Crippen molar-refractivity contribution in [3.8, 4) is 16.9 Å². The quantitative estimate of drug-likeness (QED) is 0.466. The van der Waals surface area contributed by atoms with Crippen molar-refractivity contribution in [3.05, 3.63) is 108 Å². The monoisotopic (exact) mass is 403 g/mol. The Labute approximate surface area is 173 Å². The number of hydrogen-bond donors (Lipinski definition) is 0. The highest BCUT2D eigenvalue weighted by Crippen LogP contribution is 2.25. The molecule has 0 unspecified atom stereocenters. The van der Waals surface area contributed by atoms with Gasteiger partial charge in [-0.2, -0.15) is 5.10 Å². The Bertz CT molecular complexity index is 1150. The topological polar surface area (TPSA) is 38.1 Å². The van der Waals surface area contributed by atoms with Crippen LogP contribution in [0.2, 0.25) is 0 Å². The zero-order chi connectivity index (χ0) is 21.1. The van der Waals surface area contributed by atoms with Crippen LogP contribution in [0.25, 0.3) is 16.9 Å². The van der Waals surface area contributed by atoms with Gasteiger partial charge in [-0.05, 0) is 24.3 Å². The number of carbonyl (C=O) groups excluding carboxylic acids is 1. The van der Waals surface area contributed by atoms with Crippen LogP contribution < -0.4 is 0 Å². The maximum Gasteiger partial charge on any atom is 0.254 e. The third kappa shape index (κ3) is 4.12. The fraction of sp³-hybridized carbons (Fsp3) is 0.0833. The number of benzene rings is 3. The number of halogens is 2. The highest BCUT2D eigenvalue weighted by atomic mass is 19.1. The van der Waals surface area contributed by atoms with Crippen molar-refractivity contribution < 1.29 is 13.6 Å². The van der Waals surface area contributed by atoms with Gasteiger partial charge in [-0.1, -0.05) is 48.5 Å². The van der Waals surface area contributed by atoms with Gasteiger partial charge in [-0.15, -0.1) is 0 Å². The van der Waals surface area contributed by atoms with Crippen LogP contribution in [0.5, 0.6) is 0 Å². The van der Waals surface area contributed by atoms with E-state index in [-0.39, 0.29) is 12.1 Å². The molecule has 1 heterocycles. The lowest BCUT2D eigenvalue weighted by Gasteiger charge is -2.17. The zero-order valence-electron chi connectivity index (χ0n) is 16.3. The number of amides is 1. The molecule has 1 aromatic heterocycles. The van der Waals surface area contributed by atoms with E-state index < -0.39 is 17.5 Å². The van der Waals surface area contributed by atoms with E-state index in [1.165, 1.54) is 4.90 Å². The van der Waals surface area contributed by atoms with Gasteiger partial charge in [0.2, 0.25) is 0 Å². The Morgan fingerprint density at radius 2 is 1.53 bits per heavy atom. The Morgan fingerprint density at radius 1 is 0.933 bits per heavy atom. The molecule has 30 heavy (non-hydrogen) atoms. The molecule has 150 valence electrons. The molecule has 0 radical (unpaired) electrons. The number of aromatic nitrogens is 2. The molecule has 1 amide bonds. The maximum absolute atomic E-state index is 13.5.